The van der Waals surface area contributed by atoms with Crippen LogP contribution in [-0.4, -0.2) is 40.0 Å². The molecule has 3 rings (SSSR count). The molecule has 0 aromatic heterocycles. The van der Waals surface area contributed by atoms with Crippen LogP contribution in [0.4, 0.5) is 4.39 Å². The highest BCUT2D eigenvalue weighted by Crippen LogP contribution is 2.48. The average Bonchev–Trinajstić information content (AvgIpc) is 2.83. The van der Waals surface area contributed by atoms with Gasteiger partial charge in [-0.05, 0) is 48.4 Å². The molecule has 0 saturated heterocycles. The molecular weight excluding hydrogens is 455 g/mol. The van der Waals surface area contributed by atoms with E-state index in [1.54, 1.807) is 12.1 Å². The Morgan fingerprint density at radius 2 is 1.25 bits per heavy atom. The Kier molecular flexibility index (Phi) is 7.02. The maximum atomic E-state index is 17.1. The summed E-state index contributed by atoms with van der Waals surface area (Å²) in [7, 11) is -8.75. The van der Waals surface area contributed by atoms with Crippen molar-refractivity contribution in [2.24, 2.45) is 0 Å². The van der Waals surface area contributed by atoms with Gasteiger partial charge in [0, 0.05) is 6.61 Å². The Balaban J connectivity index is 2.34. The van der Waals surface area contributed by atoms with E-state index < -0.39 is 52.7 Å². The van der Waals surface area contributed by atoms with Crippen molar-refractivity contribution in [3.8, 4) is 5.75 Å². The second-order valence-electron chi connectivity index (χ2n) is 7.05. The van der Waals surface area contributed by atoms with Crippen molar-refractivity contribution in [1.82, 2.24) is 0 Å². The highest BCUT2D eigenvalue weighted by atomic mass is 32.3. The predicted molar refractivity (Wildman–Crippen MR) is 119 cm³/mol. The molecule has 0 radical (unpaired) electrons. The minimum absolute atomic E-state index is 0.0985. The molecule has 0 bridgehead atoms. The van der Waals surface area contributed by atoms with Gasteiger partial charge in [-0.1, -0.05) is 48.5 Å². The summed E-state index contributed by atoms with van der Waals surface area (Å²) in [6, 6.07) is 19.0. The molecule has 3 aromatic carbocycles. The molecule has 6 nitrogen and oxygen atoms in total. The highest BCUT2D eigenvalue weighted by Gasteiger charge is 2.62. The van der Waals surface area contributed by atoms with Crippen molar-refractivity contribution in [3.63, 3.8) is 0 Å². The maximum absolute atomic E-state index is 17.1. The fourth-order valence-corrected chi connectivity index (χ4v) is 8.21. The van der Waals surface area contributed by atoms with Crippen LogP contribution in [0.3, 0.4) is 0 Å². The van der Waals surface area contributed by atoms with Crippen molar-refractivity contribution in [2.45, 2.75) is 26.5 Å². The Bertz CT molecular complexity index is 1170. The smallest absolute Gasteiger partial charge is 0.324 e. The van der Waals surface area contributed by atoms with Gasteiger partial charge in [0.25, 0.3) is 0 Å². The molecule has 0 fully saturated rings. The minimum atomic E-state index is -5.09. The molecule has 9 heteroatoms. The number of sulfone groups is 2. The van der Waals surface area contributed by atoms with Crippen molar-refractivity contribution in [3.05, 3.63) is 90.5 Å². The first kappa shape index (κ1) is 23.9. The van der Waals surface area contributed by atoms with Gasteiger partial charge in [0.1, 0.15) is 5.75 Å². The van der Waals surface area contributed by atoms with Crippen molar-refractivity contribution >= 4 is 19.7 Å². The maximum Gasteiger partial charge on any atom is 0.324 e. The molecule has 32 heavy (non-hydrogen) atoms. The monoisotopic (exact) mass is 478 g/mol. The standard InChI is InChI=1S/C23H23FO6S2/c1-30-19-14-12-18(13-15-19)22(16-17-25)23(24,31(26,27)20-8-4-2-5-9-20)32(28,29)21-10-6-3-7-11-21/h2-15,22,25H,16-17H2,1H3/t22-/m0/s1. The predicted octanol–water partition coefficient (Wildman–Crippen LogP) is 3.73. The normalized spacial score (nSPS) is 13.5. The van der Waals surface area contributed by atoms with Crippen molar-refractivity contribution in [1.29, 1.82) is 0 Å². The van der Waals surface area contributed by atoms with E-state index in [0.717, 1.165) is 24.3 Å². The van der Waals surface area contributed by atoms with E-state index >= 15 is 4.39 Å². The van der Waals surface area contributed by atoms with Gasteiger partial charge in [-0.3, -0.25) is 0 Å². The van der Waals surface area contributed by atoms with Crippen molar-refractivity contribution < 1.29 is 31.1 Å². The van der Waals surface area contributed by atoms with E-state index in [4.69, 9.17) is 4.74 Å². The summed E-state index contributed by atoms with van der Waals surface area (Å²) in [5.41, 5.74) is 0.0985. The Morgan fingerprint density at radius 1 is 0.812 bits per heavy atom. The van der Waals surface area contributed by atoms with Crippen LogP contribution in [0.5, 0.6) is 5.75 Å². The summed E-state index contributed by atoms with van der Waals surface area (Å²) in [4.78, 5) is -0.947. The Labute approximate surface area is 187 Å². The SMILES string of the molecule is COc1ccc([C@H](CCO)C(F)(S(=O)(=O)c2ccccc2)S(=O)(=O)c2ccccc2)cc1. The third-order valence-corrected chi connectivity index (χ3v) is 10.3. The lowest BCUT2D eigenvalue weighted by Gasteiger charge is -2.33. The summed E-state index contributed by atoms with van der Waals surface area (Å²) < 4.78 is 72.9. The number of methoxy groups -OCH3 is 1. The van der Waals surface area contributed by atoms with Gasteiger partial charge in [-0.15, -0.1) is 0 Å². The molecule has 170 valence electrons. The van der Waals surface area contributed by atoms with Crippen LogP contribution in [0.2, 0.25) is 0 Å². The second kappa shape index (κ2) is 9.40. The number of alkyl halides is 1. The Hall–Kier alpha value is -2.75. The van der Waals surface area contributed by atoms with Gasteiger partial charge < -0.3 is 9.84 Å². The molecule has 3 aromatic rings. The van der Waals surface area contributed by atoms with Crippen molar-refractivity contribution in [2.75, 3.05) is 13.7 Å². The summed E-state index contributed by atoms with van der Waals surface area (Å²) in [6.45, 7) is -0.628. The second-order valence-corrected chi connectivity index (χ2v) is 11.5. The van der Waals surface area contributed by atoms with Crippen LogP contribution in [0, 0.1) is 0 Å². The van der Waals surface area contributed by atoms with Gasteiger partial charge in [0.05, 0.1) is 22.8 Å². The fourth-order valence-electron chi connectivity index (χ4n) is 3.54. The number of rotatable bonds is 9. The van der Waals surface area contributed by atoms with E-state index in [0.29, 0.717) is 5.75 Å². The minimum Gasteiger partial charge on any atom is -0.497 e. The largest absolute Gasteiger partial charge is 0.497 e. The van der Waals surface area contributed by atoms with E-state index in [-0.39, 0.29) is 5.56 Å². The van der Waals surface area contributed by atoms with Crippen LogP contribution in [0.15, 0.2) is 94.7 Å². The number of hydrogen-bond donors (Lipinski definition) is 1. The molecular formula is C23H23FO6S2. The van der Waals surface area contributed by atoms with E-state index in [2.05, 4.69) is 0 Å². The summed E-state index contributed by atoms with van der Waals surface area (Å²) in [6.07, 6.45) is -0.443. The van der Waals surface area contributed by atoms with E-state index in [1.807, 2.05) is 0 Å². The number of benzene rings is 3. The van der Waals surface area contributed by atoms with Crippen LogP contribution in [0.25, 0.3) is 0 Å². The molecule has 0 aliphatic heterocycles. The molecule has 0 saturated carbocycles. The summed E-state index contributed by atoms with van der Waals surface area (Å²) in [5, 5.41) is 9.65. The first-order valence-electron chi connectivity index (χ1n) is 9.73. The Morgan fingerprint density at radius 3 is 1.62 bits per heavy atom. The van der Waals surface area contributed by atoms with E-state index in [1.165, 1.54) is 55.6 Å². The zero-order chi connectivity index (χ0) is 23.4. The topological polar surface area (TPSA) is 97.7 Å². The lowest BCUT2D eigenvalue weighted by molar-refractivity contribution is 0.232. The van der Waals surface area contributed by atoms with Crippen LogP contribution in [0.1, 0.15) is 17.9 Å². The fraction of sp³-hybridized carbons (Fsp3) is 0.217. The summed E-state index contributed by atoms with van der Waals surface area (Å²) in [5.74, 6) is -1.29. The van der Waals surface area contributed by atoms with Gasteiger partial charge in [0.2, 0.25) is 19.7 Å². The number of hydrogen-bond acceptors (Lipinski definition) is 6. The molecule has 0 unspecified atom stereocenters. The lowest BCUT2D eigenvalue weighted by atomic mass is 9.97. The lowest BCUT2D eigenvalue weighted by Crippen LogP contribution is -2.47. The van der Waals surface area contributed by atoms with Crippen LogP contribution in [-0.2, 0) is 19.7 Å². The third-order valence-electron chi connectivity index (χ3n) is 5.19. The number of ether oxygens (including phenoxy) is 1. The molecule has 0 aliphatic carbocycles. The zero-order valence-electron chi connectivity index (χ0n) is 17.3. The molecule has 0 aliphatic rings. The molecule has 0 heterocycles. The molecule has 1 N–H and O–H groups in total. The molecule has 0 spiro atoms. The zero-order valence-corrected chi connectivity index (χ0v) is 18.9. The average molecular weight is 479 g/mol. The number of aliphatic hydroxyl groups excluding tert-OH is 1. The molecule has 0 amide bonds. The van der Waals surface area contributed by atoms with Gasteiger partial charge in [-0.25, -0.2) is 21.2 Å². The summed E-state index contributed by atoms with van der Waals surface area (Å²) >= 11 is 0. The first-order valence-corrected chi connectivity index (χ1v) is 12.7. The van der Waals surface area contributed by atoms with Crippen LogP contribution >= 0.6 is 0 Å². The van der Waals surface area contributed by atoms with E-state index in [9.17, 15) is 21.9 Å². The molecule has 1 atom stereocenters. The van der Waals surface area contributed by atoms with Gasteiger partial charge in [0.15, 0.2) is 0 Å². The number of halogens is 1. The van der Waals surface area contributed by atoms with Gasteiger partial charge >= 0.3 is 4.33 Å². The third kappa shape index (κ3) is 4.03. The quantitative estimate of drug-likeness (QED) is 0.503. The number of aliphatic hydroxyl groups is 1. The highest BCUT2D eigenvalue weighted by molar-refractivity contribution is 8.10. The van der Waals surface area contributed by atoms with Gasteiger partial charge in [-0.2, -0.15) is 0 Å². The first-order chi connectivity index (χ1) is 15.2. The van der Waals surface area contributed by atoms with Crippen LogP contribution < -0.4 is 4.74 Å².